The van der Waals surface area contributed by atoms with E-state index in [-0.39, 0.29) is 11.3 Å². The summed E-state index contributed by atoms with van der Waals surface area (Å²) < 4.78 is 5.16. The van der Waals surface area contributed by atoms with Crippen LogP contribution in [0.1, 0.15) is 46.5 Å². The molecule has 0 saturated carbocycles. The van der Waals surface area contributed by atoms with Crippen LogP contribution in [0, 0.1) is 5.41 Å². The second-order valence-electron chi connectivity index (χ2n) is 6.11. The van der Waals surface area contributed by atoms with Crippen molar-refractivity contribution in [3.63, 3.8) is 0 Å². The molecule has 0 atom stereocenters. The first kappa shape index (κ1) is 15.0. The van der Waals surface area contributed by atoms with Crippen LogP contribution >= 0.6 is 0 Å². The van der Waals surface area contributed by atoms with E-state index in [0.29, 0.717) is 32.5 Å². The Balaban J connectivity index is 2.56. The quantitative estimate of drug-likeness (QED) is 0.801. The van der Waals surface area contributed by atoms with Crippen molar-refractivity contribution in [3.05, 3.63) is 0 Å². The van der Waals surface area contributed by atoms with Gasteiger partial charge in [-0.25, -0.2) is 4.79 Å². The zero-order valence-electron chi connectivity index (χ0n) is 11.4. The molecule has 5 nitrogen and oxygen atoms in total. The van der Waals surface area contributed by atoms with Crippen molar-refractivity contribution in [2.45, 2.75) is 52.0 Å². The highest BCUT2D eigenvalue weighted by molar-refractivity contribution is 5.87. The standard InChI is InChI=1S/C13H23NO4/c1-12(2,3)5-4-10(15)14-13(11(16)17)6-8-18-9-7-13/h4-9H2,1-3H3,(H,14,15)(H,16,17). The minimum Gasteiger partial charge on any atom is -0.480 e. The number of ether oxygens (including phenoxy) is 1. The van der Waals surface area contributed by atoms with E-state index in [4.69, 9.17) is 4.74 Å². The number of aliphatic carboxylic acids is 1. The third-order valence-electron chi connectivity index (χ3n) is 3.24. The maximum Gasteiger partial charge on any atom is 0.329 e. The van der Waals surface area contributed by atoms with Crippen molar-refractivity contribution >= 4 is 11.9 Å². The summed E-state index contributed by atoms with van der Waals surface area (Å²) in [7, 11) is 0. The van der Waals surface area contributed by atoms with E-state index in [1.165, 1.54) is 0 Å². The number of rotatable bonds is 4. The van der Waals surface area contributed by atoms with E-state index in [2.05, 4.69) is 26.1 Å². The zero-order valence-corrected chi connectivity index (χ0v) is 11.4. The molecule has 0 spiro atoms. The van der Waals surface area contributed by atoms with E-state index >= 15 is 0 Å². The Morgan fingerprint density at radius 3 is 2.28 bits per heavy atom. The SMILES string of the molecule is CC(C)(C)CCC(=O)NC1(C(=O)O)CCOCC1. The van der Waals surface area contributed by atoms with Crippen LogP contribution in [0.3, 0.4) is 0 Å². The molecular weight excluding hydrogens is 234 g/mol. The predicted molar refractivity (Wildman–Crippen MR) is 67.3 cm³/mol. The van der Waals surface area contributed by atoms with Crippen molar-refractivity contribution in [1.29, 1.82) is 0 Å². The van der Waals surface area contributed by atoms with Crippen molar-refractivity contribution in [3.8, 4) is 0 Å². The number of nitrogens with one attached hydrogen (secondary N) is 1. The lowest BCUT2D eigenvalue weighted by atomic mass is 9.88. The molecule has 1 heterocycles. The van der Waals surface area contributed by atoms with Gasteiger partial charge in [-0.15, -0.1) is 0 Å². The van der Waals surface area contributed by atoms with Gasteiger partial charge in [0.25, 0.3) is 0 Å². The Labute approximate surface area is 108 Å². The van der Waals surface area contributed by atoms with Crippen molar-refractivity contribution < 1.29 is 19.4 Å². The summed E-state index contributed by atoms with van der Waals surface area (Å²) in [5, 5.41) is 12.0. The molecule has 1 aliphatic rings. The monoisotopic (exact) mass is 257 g/mol. The van der Waals surface area contributed by atoms with Gasteiger partial charge in [-0.3, -0.25) is 4.79 Å². The third kappa shape index (κ3) is 4.29. The van der Waals surface area contributed by atoms with E-state index in [0.717, 1.165) is 6.42 Å². The number of carbonyl (C=O) groups excluding carboxylic acids is 1. The third-order valence-corrected chi connectivity index (χ3v) is 3.24. The molecule has 104 valence electrons. The van der Waals surface area contributed by atoms with Crippen molar-refractivity contribution in [2.24, 2.45) is 5.41 Å². The molecule has 0 aromatic rings. The molecule has 0 aromatic carbocycles. The highest BCUT2D eigenvalue weighted by Gasteiger charge is 2.41. The van der Waals surface area contributed by atoms with E-state index < -0.39 is 11.5 Å². The Hall–Kier alpha value is -1.10. The van der Waals surface area contributed by atoms with Crippen LogP contribution in [0.2, 0.25) is 0 Å². The first-order valence-electron chi connectivity index (χ1n) is 6.37. The molecule has 0 aromatic heterocycles. The maximum atomic E-state index is 11.9. The fourth-order valence-corrected chi connectivity index (χ4v) is 1.93. The number of carbonyl (C=O) groups is 2. The molecule has 0 bridgehead atoms. The Morgan fingerprint density at radius 2 is 1.83 bits per heavy atom. The number of hydrogen-bond acceptors (Lipinski definition) is 3. The summed E-state index contributed by atoms with van der Waals surface area (Å²) in [4.78, 5) is 23.2. The highest BCUT2D eigenvalue weighted by Crippen LogP contribution is 2.23. The van der Waals surface area contributed by atoms with E-state index in [9.17, 15) is 14.7 Å². The Kier molecular flexibility index (Phi) is 4.73. The molecule has 0 unspecified atom stereocenters. The van der Waals surface area contributed by atoms with Crippen LogP contribution in [0.25, 0.3) is 0 Å². The lowest BCUT2D eigenvalue weighted by Crippen LogP contribution is -2.57. The van der Waals surface area contributed by atoms with Gasteiger partial charge in [0.1, 0.15) is 5.54 Å². The van der Waals surface area contributed by atoms with Gasteiger partial charge in [0.05, 0.1) is 0 Å². The van der Waals surface area contributed by atoms with E-state index in [1.807, 2.05) is 0 Å². The second-order valence-corrected chi connectivity index (χ2v) is 6.11. The summed E-state index contributed by atoms with van der Waals surface area (Å²) in [5.74, 6) is -1.15. The second kappa shape index (κ2) is 5.69. The number of amides is 1. The minimum atomic E-state index is -1.13. The van der Waals surface area contributed by atoms with Gasteiger partial charge in [-0.2, -0.15) is 0 Å². The van der Waals surface area contributed by atoms with Gasteiger partial charge in [0.15, 0.2) is 0 Å². The summed E-state index contributed by atoms with van der Waals surface area (Å²) >= 11 is 0. The highest BCUT2D eigenvalue weighted by atomic mass is 16.5. The molecule has 5 heteroatoms. The van der Waals surface area contributed by atoms with Crippen molar-refractivity contribution in [1.82, 2.24) is 5.32 Å². The molecule has 1 rings (SSSR count). The fraction of sp³-hybridized carbons (Fsp3) is 0.846. The largest absolute Gasteiger partial charge is 0.480 e. The molecular formula is C13H23NO4. The van der Waals surface area contributed by atoms with Crippen molar-refractivity contribution in [2.75, 3.05) is 13.2 Å². The maximum absolute atomic E-state index is 11.9. The van der Waals surface area contributed by atoms with Gasteiger partial charge < -0.3 is 15.2 Å². The summed E-state index contributed by atoms with van der Waals surface area (Å²) in [6, 6.07) is 0. The van der Waals surface area contributed by atoms with Gasteiger partial charge in [-0.1, -0.05) is 20.8 Å². The van der Waals surface area contributed by atoms with Crippen LogP contribution in [0.15, 0.2) is 0 Å². The van der Waals surface area contributed by atoms with Gasteiger partial charge in [-0.05, 0) is 11.8 Å². The van der Waals surface area contributed by atoms with Crippen LogP contribution in [-0.2, 0) is 14.3 Å². The zero-order chi connectivity index (χ0) is 13.8. The molecule has 2 N–H and O–H groups in total. The topological polar surface area (TPSA) is 75.6 Å². The molecule has 1 aliphatic heterocycles. The summed E-state index contributed by atoms with van der Waals surface area (Å²) in [5.41, 5.74) is -1.06. The lowest BCUT2D eigenvalue weighted by molar-refractivity contribution is -0.152. The average Bonchev–Trinajstić information content (AvgIpc) is 2.26. The molecule has 1 fully saturated rings. The van der Waals surface area contributed by atoms with E-state index in [1.54, 1.807) is 0 Å². The van der Waals surface area contributed by atoms with Gasteiger partial charge >= 0.3 is 5.97 Å². The molecule has 1 amide bonds. The first-order valence-corrected chi connectivity index (χ1v) is 6.37. The lowest BCUT2D eigenvalue weighted by Gasteiger charge is -2.34. The molecule has 18 heavy (non-hydrogen) atoms. The van der Waals surface area contributed by atoms with Gasteiger partial charge in [0, 0.05) is 32.5 Å². The number of carboxylic acids is 1. The average molecular weight is 257 g/mol. The van der Waals surface area contributed by atoms with Crippen LogP contribution in [0.5, 0.6) is 0 Å². The molecule has 0 radical (unpaired) electrons. The number of carboxylic acid groups (broad SMARTS) is 1. The molecule has 0 aliphatic carbocycles. The normalized spacial score (nSPS) is 19.3. The predicted octanol–water partition coefficient (Wildman–Crippen LogP) is 1.56. The van der Waals surface area contributed by atoms with Crippen LogP contribution in [-0.4, -0.2) is 35.7 Å². The Morgan fingerprint density at radius 1 is 1.28 bits per heavy atom. The first-order chi connectivity index (χ1) is 8.25. The summed E-state index contributed by atoms with van der Waals surface area (Å²) in [6.07, 6.45) is 1.78. The van der Waals surface area contributed by atoms with Gasteiger partial charge in [0.2, 0.25) is 5.91 Å². The smallest absolute Gasteiger partial charge is 0.329 e. The van der Waals surface area contributed by atoms with Crippen LogP contribution in [0.4, 0.5) is 0 Å². The van der Waals surface area contributed by atoms with Crippen LogP contribution < -0.4 is 5.32 Å². The minimum absolute atomic E-state index is 0.0728. The number of hydrogen-bond donors (Lipinski definition) is 2. The summed E-state index contributed by atoms with van der Waals surface area (Å²) in [6.45, 7) is 6.93. The molecule has 1 saturated heterocycles. The Bertz CT molecular complexity index is 313. The fourth-order valence-electron chi connectivity index (χ4n) is 1.93.